The molecule has 1 aromatic carbocycles. The van der Waals surface area contributed by atoms with Gasteiger partial charge in [-0.1, -0.05) is 12.1 Å². The number of fused-ring (bicyclic) bond motifs is 1. The average Bonchev–Trinajstić information content (AvgIpc) is 2.74. The lowest BCUT2D eigenvalue weighted by Crippen LogP contribution is -2.23. The Morgan fingerprint density at radius 2 is 2.04 bits per heavy atom. The summed E-state index contributed by atoms with van der Waals surface area (Å²) in [5.41, 5.74) is 3.86. The number of hydrogen-bond donors (Lipinski definition) is 0. The highest BCUT2D eigenvalue weighted by atomic mass is 16.5. The fourth-order valence-corrected chi connectivity index (χ4v) is 3.04. The summed E-state index contributed by atoms with van der Waals surface area (Å²) in [6.45, 7) is 3.18. The highest BCUT2D eigenvalue weighted by Crippen LogP contribution is 2.27. The molecule has 28 heavy (non-hydrogen) atoms. The summed E-state index contributed by atoms with van der Waals surface area (Å²) in [7, 11) is 1.65. The SMILES string of the molecule is COc1ccc2c(OCCN3C=CCC(c4ccc(C)cn4)=N3)ccnc2c1. The number of rotatable bonds is 6. The minimum absolute atomic E-state index is 0.508. The molecule has 6 heteroatoms. The van der Waals surface area contributed by atoms with Gasteiger partial charge >= 0.3 is 0 Å². The predicted octanol–water partition coefficient (Wildman–Crippen LogP) is 3.95. The number of hydrogen-bond acceptors (Lipinski definition) is 6. The van der Waals surface area contributed by atoms with Gasteiger partial charge in [-0.2, -0.15) is 5.10 Å². The van der Waals surface area contributed by atoms with E-state index < -0.39 is 0 Å². The van der Waals surface area contributed by atoms with Crippen LogP contribution in [-0.2, 0) is 0 Å². The third-order valence-corrected chi connectivity index (χ3v) is 4.53. The van der Waals surface area contributed by atoms with Gasteiger partial charge in [-0.05, 0) is 36.8 Å². The summed E-state index contributed by atoms with van der Waals surface area (Å²) >= 11 is 0. The standard InChI is InChI=1S/C22H22N4O2/c1-16-5-8-19(24-15-16)20-4-3-11-26(25-20)12-13-28-22-9-10-23-21-14-17(27-2)6-7-18(21)22/h3,5-11,14-15H,4,12-13H2,1-2H3. The largest absolute Gasteiger partial charge is 0.497 e. The predicted molar refractivity (Wildman–Crippen MR) is 110 cm³/mol. The fourth-order valence-electron chi connectivity index (χ4n) is 3.04. The first kappa shape index (κ1) is 18.0. The van der Waals surface area contributed by atoms with Gasteiger partial charge in [0.1, 0.15) is 18.1 Å². The molecular weight excluding hydrogens is 352 g/mol. The first-order valence-electron chi connectivity index (χ1n) is 9.22. The van der Waals surface area contributed by atoms with Gasteiger partial charge in [-0.15, -0.1) is 0 Å². The Bertz CT molecular complexity index is 1030. The minimum Gasteiger partial charge on any atom is -0.497 e. The smallest absolute Gasteiger partial charge is 0.130 e. The van der Waals surface area contributed by atoms with Gasteiger partial charge in [0.15, 0.2) is 0 Å². The van der Waals surface area contributed by atoms with Crippen molar-refractivity contribution in [1.82, 2.24) is 15.0 Å². The summed E-state index contributed by atoms with van der Waals surface area (Å²) < 4.78 is 11.3. The number of hydrazone groups is 1. The van der Waals surface area contributed by atoms with Crippen LogP contribution in [0.3, 0.4) is 0 Å². The van der Waals surface area contributed by atoms with E-state index in [0.29, 0.717) is 13.2 Å². The van der Waals surface area contributed by atoms with Gasteiger partial charge in [0, 0.05) is 36.5 Å². The Kier molecular flexibility index (Phi) is 5.19. The van der Waals surface area contributed by atoms with Crippen molar-refractivity contribution in [3.8, 4) is 11.5 Å². The zero-order valence-corrected chi connectivity index (χ0v) is 16.0. The van der Waals surface area contributed by atoms with Crippen molar-refractivity contribution in [3.63, 3.8) is 0 Å². The number of ether oxygens (including phenoxy) is 2. The quantitative estimate of drug-likeness (QED) is 0.654. The van der Waals surface area contributed by atoms with Crippen LogP contribution in [0.4, 0.5) is 0 Å². The monoisotopic (exact) mass is 374 g/mol. The number of pyridine rings is 2. The molecule has 0 bridgehead atoms. The lowest BCUT2D eigenvalue weighted by Gasteiger charge is -2.20. The number of benzene rings is 1. The highest BCUT2D eigenvalue weighted by Gasteiger charge is 2.11. The molecule has 2 aromatic heterocycles. The van der Waals surface area contributed by atoms with Crippen molar-refractivity contribution in [3.05, 3.63) is 72.3 Å². The molecule has 6 nitrogen and oxygen atoms in total. The maximum absolute atomic E-state index is 6.01. The zero-order valence-electron chi connectivity index (χ0n) is 16.0. The fraction of sp³-hybridized carbons (Fsp3) is 0.227. The topological polar surface area (TPSA) is 59.8 Å². The van der Waals surface area contributed by atoms with Gasteiger partial charge < -0.3 is 9.47 Å². The summed E-state index contributed by atoms with van der Waals surface area (Å²) in [5, 5.41) is 7.55. The van der Waals surface area contributed by atoms with E-state index in [1.807, 2.05) is 54.7 Å². The molecule has 0 unspecified atom stereocenters. The van der Waals surface area contributed by atoms with Crippen molar-refractivity contribution < 1.29 is 9.47 Å². The van der Waals surface area contributed by atoms with Crippen LogP contribution in [0.1, 0.15) is 17.7 Å². The van der Waals surface area contributed by atoms with E-state index in [1.54, 1.807) is 13.3 Å². The normalized spacial score (nSPS) is 13.5. The third-order valence-electron chi connectivity index (χ3n) is 4.53. The highest BCUT2D eigenvalue weighted by molar-refractivity contribution is 6.00. The molecule has 0 saturated heterocycles. The maximum atomic E-state index is 6.01. The molecule has 0 spiro atoms. The van der Waals surface area contributed by atoms with Gasteiger partial charge in [0.25, 0.3) is 0 Å². The van der Waals surface area contributed by atoms with Crippen molar-refractivity contribution in [2.45, 2.75) is 13.3 Å². The Morgan fingerprint density at radius 1 is 1.11 bits per heavy atom. The van der Waals surface area contributed by atoms with Gasteiger partial charge in [-0.25, -0.2) is 0 Å². The van der Waals surface area contributed by atoms with Crippen molar-refractivity contribution >= 4 is 16.6 Å². The van der Waals surface area contributed by atoms with Crippen LogP contribution in [0.5, 0.6) is 11.5 Å². The van der Waals surface area contributed by atoms with Crippen LogP contribution in [0.2, 0.25) is 0 Å². The van der Waals surface area contributed by atoms with Crippen molar-refractivity contribution in [1.29, 1.82) is 0 Å². The molecule has 0 aliphatic carbocycles. The van der Waals surface area contributed by atoms with Gasteiger partial charge in [-0.3, -0.25) is 15.0 Å². The summed E-state index contributed by atoms with van der Waals surface area (Å²) in [6.07, 6.45) is 8.48. The molecule has 0 N–H and O–H groups in total. The van der Waals surface area contributed by atoms with Crippen LogP contribution in [-0.4, -0.2) is 40.9 Å². The first-order chi connectivity index (χ1) is 13.7. The molecule has 142 valence electrons. The van der Waals surface area contributed by atoms with E-state index in [0.717, 1.165) is 45.8 Å². The lowest BCUT2D eigenvalue weighted by atomic mass is 10.1. The molecule has 0 amide bonds. The molecule has 0 saturated carbocycles. The summed E-state index contributed by atoms with van der Waals surface area (Å²) in [4.78, 5) is 8.86. The lowest BCUT2D eigenvalue weighted by molar-refractivity contribution is 0.259. The van der Waals surface area contributed by atoms with Crippen molar-refractivity contribution in [2.24, 2.45) is 5.10 Å². The molecule has 1 aliphatic heterocycles. The first-order valence-corrected chi connectivity index (χ1v) is 9.22. The molecule has 0 fully saturated rings. The van der Waals surface area contributed by atoms with E-state index in [1.165, 1.54) is 0 Å². The van der Waals surface area contributed by atoms with Crippen LogP contribution in [0.15, 0.2) is 66.2 Å². The Labute approximate surface area is 164 Å². The van der Waals surface area contributed by atoms with E-state index >= 15 is 0 Å². The third kappa shape index (κ3) is 3.96. The summed E-state index contributed by atoms with van der Waals surface area (Å²) in [6, 6.07) is 11.7. The molecule has 3 heterocycles. The van der Waals surface area contributed by atoms with Crippen LogP contribution in [0.25, 0.3) is 10.9 Å². The Hall–Kier alpha value is -3.41. The number of aryl methyl sites for hydroxylation is 1. The number of allylic oxidation sites excluding steroid dienone is 1. The zero-order chi connectivity index (χ0) is 19.3. The van der Waals surface area contributed by atoms with E-state index in [9.17, 15) is 0 Å². The molecule has 0 atom stereocenters. The van der Waals surface area contributed by atoms with Gasteiger partial charge in [0.2, 0.25) is 0 Å². The number of methoxy groups -OCH3 is 1. The number of nitrogens with zero attached hydrogens (tertiary/aromatic N) is 4. The average molecular weight is 374 g/mol. The molecule has 3 aromatic rings. The molecule has 4 rings (SSSR count). The Balaban J connectivity index is 1.42. The van der Waals surface area contributed by atoms with E-state index in [-0.39, 0.29) is 0 Å². The van der Waals surface area contributed by atoms with Crippen molar-refractivity contribution in [2.75, 3.05) is 20.3 Å². The second kappa shape index (κ2) is 8.08. The summed E-state index contributed by atoms with van der Waals surface area (Å²) in [5.74, 6) is 1.58. The van der Waals surface area contributed by atoms with E-state index in [4.69, 9.17) is 9.47 Å². The molecular formula is C22H22N4O2. The van der Waals surface area contributed by atoms with E-state index in [2.05, 4.69) is 27.2 Å². The van der Waals surface area contributed by atoms with Crippen LogP contribution >= 0.6 is 0 Å². The van der Waals surface area contributed by atoms with Crippen LogP contribution in [0, 0.1) is 6.92 Å². The second-order valence-electron chi connectivity index (χ2n) is 6.56. The van der Waals surface area contributed by atoms with Gasteiger partial charge in [0.05, 0.1) is 30.6 Å². The Morgan fingerprint density at radius 3 is 2.86 bits per heavy atom. The second-order valence-corrected chi connectivity index (χ2v) is 6.56. The minimum atomic E-state index is 0.508. The molecule has 0 radical (unpaired) electrons. The van der Waals surface area contributed by atoms with Crippen LogP contribution < -0.4 is 9.47 Å². The maximum Gasteiger partial charge on any atom is 0.130 e. The number of aromatic nitrogens is 2. The molecule has 1 aliphatic rings.